The Balaban J connectivity index is 1.48. The van der Waals surface area contributed by atoms with Crippen molar-refractivity contribution in [3.8, 4) is 11.8 Å². The molecule has 1 spiro atoms. The molecule has 2 aromatic carbocycles. The molecule has 1 saturated heterocycles. The van der Waals surface area contributed by atoms with Crippen LogP contribution in [0.25, 0.3) is 0 Å². The fraction of sp³-hybridized carbons (Fsp3) is 0.375. The van der Waals surface area contributed by atoms with E-state index in [4.69, 9.17) is 9.73 Å². The van der Waals surface area contributed by atoms with Crippen LogP contribution in [-0.2, 0) is 11.3 Å². The van der Waals surface area contributed by atoms with Gasteiger partial charge in [-0.3, -0.25) is 15.0 Å². The van der Waals surface area contributed by atoms with Gasteiger partial charge in [0.2, 0.25) is 11.9 Å². The molecule has 160 valence electrons. The molecular weight excluding hydrogens is 390 g/mol. The highest BCUT2D eigenvalue weighted by molar-refractivity contribution is 6.07. The van der Waals surface area contributed by atoms with Crippen molar-refractivity contribution in [3.05, 3.63) is 60.2 Å². The molecule has 2 aromatic rings. The highest BCUT2D eigenvalue weighted by Crippen LogP contribution is 2.36. The molecule has 2 heterocycles. The van der Waals surface area contributed by atoms with E-state index in [1.165, 1.54) is 5.56 Å². The number of guanidine groups is 1. The lowest BCUT2D eigenvalue weighted by Crippen LogP contribution is -2.58. The SMILES string of the molecule is CCOc1ccc(NC2=NC3(CCN(Cc4ccccc4)CC3)[C@@H](C#N)C(=O)N2)cc1. The summed E-state index contributed by atoms with van der Waals surface area (Å²) < 4.78 is 5.47. The minimum absolute atomic E-state index is 0.289. The molecule has 0 bridgehead atoms. The summed E-state index contributed by atoms with van der Waals surface area (Å²) in [4.78, 5) is 19.9. The average molecular weight is 418 g/mol. The number of nitriles is 1. The number of carbonyl (C=O) groups is 1. The molecule has 1 atom stereocenters. The van der Waals surface area contributed by atoms with Crippen molar-refractivity contribution >= 4 is 17.6 Å². The first-order valence-corrected chi connectivity index (χ1v) is 10.7. The molecular formula is C24H27N5O2. The number of rotatable bonds is 5. The quantitative estimate of drug-likeness (QED) is 0.780. The van der Waals surface area contributed by atoms with Crippen molar-refractivity contribution in [2.45, 2.75) is 31.8 Å². The predicted molar refractivity (Wildman–Crippen MR) is 120 cm³/mol. The number of amides is 1. The second kappa shape index (κ2) is 9.19. The van der Waals surface area contributed by atoms with Gasteiger partial charge in [-0.05, 0) is 49.6 Å². The van der Waals surface area contributed by atoms with E-state index in [-0.39, 0.29) is 5.91 Å². The van der Waals surface area contributed by atoms with Crippen LogP contribution < -0.4 is 15.4 Å². The Bertz CT molecular complexity index is 973. The number of hydrogen-bond acceptors (Lipinski definition) is 6. The minimum Gasteiger partial charge on any atom is -0.494 e. The average Bonchev–Trinajstić information content (AvgIpc) is 2.78. The molecule has 4 rings (SSSR count). The Morgan fingerprint density at radius 1 is 1.19 bits per heavy atom. The molecule has 1 fully saturated rings. The fourth-order valence-electron chi connectivity index (χ4n) is 4.26. The van der Waals surface area contributed by atoms with Crippen molar-refractivity contribution in [1.29, 1.82) is 5.26 Å². The van der Waals surface area contributed by atoms with E-state index >= 15 is 0 Å². The molecule has 7 heteroatoms. The lowest BCUT2D eigenvalue weighted by molar-refractivity contribution is -0.125. The summed E-state index contributed by atoms with van der Waals surface area (Å²) in [6.45, 7) is 4.99. The topological polar surface area (TPSA) is 89.8 Å². The van der Waals surface area contributed by atoms with Gasteiger partial charge < -0.3 is 10.1 Å². The van der Waals surface area contributed by atoms with E-state index in [2.05, 4.69) is 33.7 Å². The molecule has 2 aliphatic rings. The van der Waals surface area contributed by atoms with Crippen molar-refractivity contribution < 1.29 is 9.53 Å². The smallest absolute Gasteiger partial charge is 0.246 e. The molecule has 31 heavy (non-hydrogen) atoms. The van der Waals surface area contributed by atoms with Crippen LogP contribution in [0.15, 0.2) is 59.6 Å². The summed E-state index contributed by atoms with van der Waals surface area (Å²) in [6.07, 6.45) is 1.33. The summed E-state index contributed by atoms with van der Waals surface area (Å²) in [5, 5.41) is 15.7. The molecule has 0 radical (unpaired) electrons. The number of carbonyl (C=O) groups excluding carboxylic acids is 1. The number of piperidine rings is 1. The highest BCUT2D eigenvalue weighted by atomic mass is 16.5. The van der Waals surface area contributed by atoms with Crippen LogP contribution in [0.4, 0.5) is 5.69 Å². The number of nitrogens with zero attached hydrogens (tertiary/aromatic N) is 3. The molecule has 0 aromatic heterocycles. The summed E-state index contributed by atoms with van der Waals surface area (Å²) in [5.41, 5.74) is 1.37. The van der Waals surface area contributed by atoms with E-state index in [1.54, 1.807) is 0 Å². The minimum atomic E-state index is -0.780. The van der Waals surface area contributed by atoms with E-state index in [9.17, 15) is 10.1 Å². The first-order chi connectivity index (χ1) is 15.1. The number of nitrogens with one attached hydrogen (secondary N) is 2. The van der Waals surface area contributed by atoms with Crippen molar-refractivity contribution in [3.63, 3.8) is 0 Å². The summed E-state index contributed by atoms with van der Waals surface area (Å²) in [6, 6.07) is 20.0. The van der Waals surface area contributed by atoms with Gasteiger partial charge in [-0.1, -0.05) is 30.3 Å². The molecule has 1 amide bonds. The first-order valence-electron chi connectivity index (χ1n) is 10.7. The maximum absolute atomic E-state index is 12.7. The molecule has 0 aliphatic carbocycles. The van der Waals surface area contributed by atoms with Gasteiger partial charge in [-0.15, -0.1) is 0 Å². The summed E-state index contributed by atoms with van der Waals surface area (Å²) in [7, 11) is 0. The molecule has 0 unspecified atom stereocenters. The predicted octanol–water partition coefficient (Wildman–Crippen LogP) is 3.16. The first kappa shape index (κ1) is 20.9. The van der Waals surface area contributed by atoms with Gasteiger partial charge in [-0.2, -0.15) is 5.26 Å². The van der Waals surface area contributed by atoms with E-state index in [0.29, 0.717) is 25.4 Å². The second-order valence-corrected chi connectivity index (χ2v) is 7.96. The third kappa shape index (κ3) is 4.70. The standard InChI is InChI=1S/C24H27N5O2/c1-2-31-20-10-8-19(9-11-20)26-23-27-22(30)21(16-25)24(28-23)12-14-29(15-13-24)17-18-6-4-3-5-7-18/h3-11,21H,2,12-15,17H2,1H3,(H2,26,27,28,30)/t21-/m0/s1. The van der Waals surface area contributed by atoms with Crippen LogP contribution in [0.3, 0.4) is 0 Å². The van der Waals surface area contributed by atoms with Crippen LogP contribution >= 0.6 is 0 Å². The van der Waals surface area contributed by atoms with Gasteiger partial charge >= 0.3 is 0 Å². The molecule has 2 aliphatic heterocycles. The zero-order chi connectivity index (χ0) is 21.7. The van der Waals surface area contributed by atoms with Crippen molar-refractivity contribution in [1.82, 2.24) is 10.2 Å². The zero-order valence-corrected chi connectivity index (χ0v) is 17.7. The molecule has 2 N–H and O–H groups in total. The number of anilines is 1. The lowest BCUT2D eigenvalue weighted by atomic mass is 9.76. The molecule has 7 nitrogen and oxygen atoms in total. The number of ether oxygens (including phenoxy) is 1. The monoisotopic (exact) mass is 417 g/mol. The highest BCUT2D eigenvalue weighted by Gasteiger charge is 2.48. The maximum atomic E-state index is 12.7. The summed E-state index contributed by atoms with van der Waals surface area (Å²) in [5.74, 6) is 0.117. The van der Waals surface area contributed by atoms with Crippen LogP contribution in [0.2, 0.25) is 0 Å². The molecule has 0 saturated carbocycles. The third-order valence-electron chi connectivity index (χ3n) is 5.90. The largest absolute Gasteiger partial charge is 0.494 e. The van der Waals surface area contributed by atoms with Crippen molar-refractivity contribution in [2.24, 2.45) is 10.9 Å². The van der Waals surface area contributed by atoms with E-state index in [0.717, 1.165) is 31.1 Å². The van der Waals surface area contributed by atoms with Crippen LogP contribution in [0.5, 0.6) is 5.75 Å². The van der Waals surface area contributed by atoms with E-state index < -0.39 is 11.5 Å². The van der Waals surface area contributed by atoms with Gasteiger partial charge in [0, 0.05) is 25.3 Å². The van der Waals surface area contributed by atoms with Gasteiger partial charge in [0.25, 0.3) is 0 Å². The van der Waals surface area contributed by atoms with Gasteiger partial charge in [0.1, 0.15) is 5.75 Å². The number of aliphatic imine (C=N–C) groups is 1. The number of likely N-dealkylation sites (tertiary alicyclic amines) is 1. The number of hydrogen-bond donors (Lipinski definition) is 2. The van der Waals surface area contributed by atoms with Crippen LogP contribution in [0.1, 0.15) is 25.3 Å². The normalized spacial score (nSPS) is 20.5. The van der Waals surface area contributed by atoms with Crippen LogP contribution in [-0.4, -0.2) is 42.0 Å². The van der Waals surface area contributed by atoms with Crippen LogP contribution in [0, 0.1) is 17.2 Å². The lowest BCUT2D eigenvalue weighted by Gasteiger charge is -2.43. The van der Waals surface area contributed by atoms with E-state index in [1.807, 2.05) is 49.4 Å². The van der Waals surface area contributed by atoms with Gasteiger partial charge in [0.05, 0.1) is 18.2 Å². The Hall–Kier alpha value is -3.37. The Morgan fingerprint density at radius 3 is 2.55 bits per heavy atom. The second-order valence-electron chi connectivity index (χ2n) is 7.96. The van der Waals surface area contributed by atoms with Gasteiger partial charge in [0.15, 0.2) is 5.92 Å². The Kier molecular flexibility index (Phi) is 6.19. The Morgan fingerprint density at radius 2 is 1.90 bits per heavy atom. The fourth-order valence-corrected chi connectivity index (χ4v) is 4.26. The van der Waals surface area contributed by atoms with Crippen molar-refractivity contribution in [2.75, 3.05) is 25.0 Å². The van der Waals surface area contributed by atoms with Gasteiger partial charge in [-0.25, -0.2) is 4.99 Å². The zero-order valence-electron chi connectivity index (χ0n) is 17.7. The summed E-state index contributed by atoms with van der Waals surface area (Å²) >= 11 is 0. The number of benzene rings is 2. The Labute approximate surface area is 182 Å². The third-order valence-corrected chi connectivity index (χ3v) is 5.90. The maximum Gasteiger partial charge on any atom is 0.246 e.